The van der Waals surface area contributed by atoms with Gasteiger partial charge in [-0.15, -0.1) is 0 Å². The SMILES string of the molecule is O=C(NC1(c2ccc3c(n2)CCCN3c2ccnc(C3CC3)n2)CC1)c1ccc(F)cc1. The lowest BCUT2D eigenvalue weighted by Crippen LogP contribution is -2.36. The maximum Gasteiger partial charge on any atom is 0.252 e. The van der Waals surface area contributed by atoms with E-state index in [-0.39, 0.29) is 11.7 Å². The Kier molecular flexibility index (Phi) is 4.45. The van der Waals surface area contributed by atoms with E-state index in [1.807, 2.05) is 18.3 Å². The molecular formula is C25H24FN5O. The monoisotopic (exact) mass is 429 g/mol. The number of carbonyl (C=O) groups is 1. The van der Waals surface area contributed by atoms with Gasteiger partial charge in [-0.1, -0.05) is 0 Å². The third-order valence-electron chi connectivity index (χ3n) is 6.61. The number of anilines is 2. The van der Waals surface area contributed by atoms with Crippen LogP contribution in [-0.4, -0.2) is 27.4 Å². The van der Waals surface area contributed by atoms with Gasteiger partial charge in [0.25, 0.3) is 5.91 Å². The van der Waals surface area contributed by atoms with Crippen molar-refractivity contribution in [1.82, 2.24) is 20.3 Å². The highest BCUT2D eigenvalue weighted by molar-refractivity contribution is 5.95. The number of amides is 1. The Hall–Kier alpha value is -3.35. The summed E-state index contributed by atoms with van der Waals surface area (Å²) in [5.74, 6) is 1.84. The molecule has 2 aliphatic carbocycles. The van der Waals surface area contributed by atoms with Crippen molar-refractivity contribution in [2.75, 3.05) is 11.4 Å². The second-order valence-corrected chi connectivity index (χ2v) is 9.01. The first-order valence-corrected chi connectivity index (χ1v) is 11.3. The Morgan fingerprint density at radius 1 is 1.06 bits per heavy atom. The zero-order chi connectivity index (χ0) is 21.7. The predicted octanol–water partition coefficient (Wildman–Crippen LogP) is 4.39. The molecule has 32 heavy (non-hydrogen) atoms. The van der Waals surface area contributed by atoms with Gasteiger partial charge in [-0.3, -0.25) is 9.78 Å². The first-order valence-electron chi connectivity index (χ1n) is 11.3. The molecule has 3 aliphatic rings. The summed E-state index contributed by atoms with van der Waals surface area (Å²) in [6, 6.07) is 11.7. The molecule has 0 bridgehead atoms. The largest absolute Gasteiger partial charge is 0.341 e. The van der Waals surface area contributed by atoms with Crippen LogP contribution in [0.5, 0.6) is 0 Å². The number of pyridine rings is 1. The first-order chi connectivity index (χ1) is 15.6. The van der Waals surface area contributed by atoms with Crippen LogP contribution in [0.15, 0.2) is 48.7 Å². The van der Waals surface area contributed by atoms with Crippen LogP contribution in [0, 0.1) is 5.82 Å². The molecule has 1 amide bonds. The second kappa shape index (κ2) is 7.36. The van der Waals surface area contributed by atoms with Crippen molar-refractivity contribution in [3.05, 3.63) is 77.3 Å². The molecule has 6 nitrogen and oxygen atoms in total. The number of nitrogens with one attached hydrogen (secondary N) is 1. The highest BCUT2D eigenvalue weighted by Gasteiger charge is 2.47. The Balaban J connectivity index is 1.26. The van der Waals surface area contributed by atoms with E-state index >= 15 is 0 Å². The number of hydrogen-bond donors (Lipinski definition) is 1. The van der Waals surface area contributed by atoms with E-state index in [9.17, 15) is 9.18 Å². The molecule has 1 aliphatic heterocycles. The molecule has 1 N–H and O–H groups in total. The summed E-state index contributed by atoms with van der Waals surface area (Å²) in [5, 5.41) is 3.14. The zero-order valence-corrected chi connectivity index (χ0v) is 17.7. The molecule has 6 rings (SSSR count). The normalized spacial score (nSPS) is 18.7. The highest BCUT2D eigenvalue weighted by atomic mass is 19.1. The van der Waals surface area contributed by atoms with Gasteiger partial charge in [-0.05, 0) is 81.0 Å². The molecule has 0 radical (unpaired) electrons. The minimum atomic E-state index is -0.434. The van der Waals surface area contributed by atoms with Gasteiger partial charge in [0.1, 0.15) is 17.5 Å². The van der Waals surface area contributed by atoms with Crippen LogP contribution in [0.3, 0.4) is 0 Å². The van der Waals surface area contributed by atoms with E-state index in [2.05, 4.69) is 21.3 Å². The van der Waals surface area contributed by atoms with Crippen molar-refractivity contribution in [1.29, 1.82) is 0 Å². The Labute approximate surface area is 185 Å². The Morgan fingerprint density at radius 2 is 1.88 bits per heavy atom. The average Bonchev–Trinajstić information content (AvgIpc) is 3.74. The number of nitrogens with zero attached hydrogens (tertiary/aromatic N) is 4. The zero-order valence-electron chi connectivity index (χ0n) is 17.7. The molecule has 3 heterocycles. The number of hydrogen-bond acceptors (Lipinski definition) is 5. The third-order valence-corrected chi connectivity index (χ3v) is 6.61. The Morgan fingerprint density at radius 3 is 2.62 bits per heavy atom. The molecule has 2 saturated carbocycles. The van der Waals surface area contributed by atoms with Gasteiger partial charge in [0.15, 0.2) is 0 Å². The number of carbonyl (C=O) groups excluding carboxylic acids is 1. The molecule has 7 heteroatoms. The second-order valence-electron chi connectivity index (χ2n) is 9.01. The van der Waals surface area contributed by atoms with E-state index in [0.717, 1.165) is 60.9 Å². The molecule has 2 fully saturated rings. The number of aromatic nitrogens is 3. The Bertz CT molecular complexity index is 1190. The van der Waals surface area contributed by atoms with Crippen molar-refractivity contribution in [2.45, 2.75) is 50.0 Å². The van der Waals surface area contributed by atoms with Crippen LogP contribution in [0.4, 0.5) is 15.9 Å². The number of benzene rings is 1. The van der Waals surface area contributed by atoms with E-state index < -0.39 is 5.54 Å². The molecular weight excluding hydrogens is 405 g/mol. The van der Waals surface area contributed by atoms with Crippen molar-refractivity contribution in [3.63, 3.8) is 0 Å². The van der Waals surface area contributed by atoms with Gasteiger partial charge >= 0.3 is 0 Å². The average molecular weight is 429 g/mol. The molecule has 0 unspecified atom stereocenters. The molecule has 0 saturated heterocycles. The quantitative estimate of drug-likeness (QED) is 0.651. The van der Waals surface area contributed by atoms with Gasteiger partial charge in [0.2, 0.25) is 0 Å². The van der Waals surface area contributed by atoms with Crippen molar-refractivity contribution in [3.8, 4) is 0 Å². The lowest BCUT2D eigenvalue weighted by molar-refractivity contribution is 0.0929. The van der Waals surface area contributed by atoms with Gasteiger partial charge in [-0.2, -0.15) is 0 Å². The summed E-state index contributed by atoms with van der Waals surface area (Å²) in [4.78, 5) is 29.2. The standard InChI is InChI=1S/C25H24FN5O/c26-18-7-5-17(6-8-18)24(32)30-25(12-13-25)21-10-9-20-19(28-21)2-1-15-31(20)22-11-14-27-23(29-22)16-3-4-16/h5-11,14,16H,1-4,12-13,15H2,(H,30,32). The maximum absolute atomic E-state index is 13.2. The lowest BCUT2D eigenvalue weighted by atomic mass is 10.0. The molecule has 0 atom stereocenters. The third kappa shape index (κ3) is 3.51. The van der Waals surface area contributed by atoms with Crippen molar-refractivity contribution < 1.29 is 9.18 Å². The van der Waals surface area contributed by atoms with E-state index in [4.69, 9.17) is 9.97 Å². The minimum Gasteiger partial charge on any atom is -0.341 e. The van der Waals surface area contributed by atoms with Crippen LogP contribution in [0.1, 0.15) is 65.6 Å². The maximum atomic E-state index is 13.2. The molecule has 2 aromatic heterocycles. The first kappa shape index (κ1) is 19.3. The van der Waals surface area contributed by atoms with Crippen LogP contribution >= 0.6 is 0 Å². The topological polar surface area (TPSA) is 71.0 Å². The van der Waals surface area contributed by atoms with Gasteiger partial charge in [-0.25, -0.2) is 14.4 Å². The van der Waals surface area contributed by atoms with Crippen LogP contribution < -0.4 is 10.2 Å². The fourth-order valence-electron chi connectivity index (χ4n) is 4.47. The number of halogens is 1. The summed E-state index contributed by atoms with van der Waals surface area (Å²) < 4.78 is 13.2. The summed E-state index contributed by atoms with van der Waals surface area (Å²) in [5.41, 5.74) is 3.05. The van der Waals surface area contributed by atoms with Crippen molar-refractivity contribution >= 4 is 17.4 Å². The van der Waals surface area contributed by atoms with Gasteiger partial charge < -0.3 is 10.2 Å². The summed E-state index contributed by atoms with van der Waals surface area (Å²) in [6.45, 7) is 0.904. The number of fused-ring (bicyclic) bond motifs is 1. The molecule has 3 aromatic rings. The summed E-state index contributed by atoms with van der Waals surface area (Å²) >= 11 is 0. The smallest absolute Gasteiger partial charge is 0.252 e. The molecule has 1 aromatic carbocycles. The number of rotatable bonds is 5. The molecule has 162 valence electrons. The molecule has 0 spiro atoms. The fraction of sp³-hybridized carbons (Fsp3) is 0.360. The van der Waals surface area contributed by atoms with E-state index in [1.165, 1.54) is 37.1 Å². The van der Waals surface area contributed by atoms with Gasteiger partial charge in [0, 0.05) is 24.2 Å². The summed E-state index contributed by atoms with van der Waals surface area (Å²) in [6.07, 6.45) is 7.82. The van der Waals surface area contributed by atoms with Gasteiger partial charge in [0.05, 0.1) is 22.6 Å². The van der Waals surface area contributed by atoms with Crippen LogP contribution in [-0.2, 0) is 12.0 Å². The highest BCUT2D eigenvalue weighted by Crippen LogP contribution is 2.46. The predicted molar refractivity (Wildman–Crippen MR) is 118 cm³/mol. The van der Waals surface area contributed by atoms with Crippen LogP contribution in [0.25, 0.3) is 0 Å². The lowest BCUT2D eigenvalue weighted by Gasteiger charge is -2.31. The summed E-state index contributed by atoms with van der Waals surface area (Å²) in [7, 11) is 0. The van der Waals surface area contributed by atoms with E-state index in [1.54, 1.807) is 0 Å². The van der Waals surface area contributed by atoms with Crippen molar-refractivity contribution in [2.24, 2.45) is 0 Å². The van der Waals surface area contributed by atoms with Crippen LogP contribution in [0.2, 0.25) is 0 Å². The minimum absolute atomic E-state index is 0.197. The number of aryl methyl sites for hydroxylation is 1. The fourth-order valence-corrected chi connectivity index (χ4v) is 4.47. The van der Waals surface area contributed by atoms with E-state index in [0.29, 0.717) is 11.5 Å².